The molecule has 1 aromatic heterocycles. The van der Waals surface area contributed by atoms with Gasteiger partial charge in [-0.1, -0.05) is 13.3 Å². The van der Waals surface area contributed by atoms with Gasteiger partial charge in [-0.2, -0.15) is 0 Å². The summed E-state index contributed by atoms with van der Waals surface area (Å²) in [6.07, 6.45) is 6.00. The van der Waals surface area contributed by atoms with Crippen molar-refractivity contribution in [3.63, 3.8) is 0 Å². The maximum absolute atomic E-state index is 4.21. The van der Waals surface area contributed by atoms with Crippen LogP contribution in [0.25, 0.3) is 0 Å². The number of hydrogen-bond acceptors (Lipinski definition) is 3. The van der Waals surface area contributed by atoms with Gasteiger partial charge in [-0.15, -0.1) is 0 Å². The highest BCUT2D eigenvalue weighted by atomic mass is 15.2. The average Bonchev–Trinajstić information content (AvgIpc) is 2.06. The first-order valence-corrected chi connectivity index (χ1v) is 4.22. The zero-order valence-corrected chi connectivity index (χ0v) is 7.91. The van der Waals surface area contributed by atoms with Crippen LogP contribution in [0, 0.1) is 0 Å². The molecule has 0 aliphatic heterocycles. The van der Waals surface area contributed by atoms with Gasteiger partial charge in [0, 0.05) is 26.5 Å². The van der Waals surface area contributed by atoms with E-state index in [1.165, 1.54) is 5.56 Å². The third-order valence-corrected chi connectivity index (χ3v) is 1.63. The molecule has 0 aromatic carbocycles. The van der Waals surface area contributed by atoms with Crippen LogP contribution in [-0.2, 0) is 6.42 Å². The Bertz CT molecular complexity index is 228. The van der Waals surface area contributed by atoms with Gasteiger partial charge in [0.1, 0.15) is 0 Å². The van der Waals surface area contributed by atoms with E-state index in [-0.39, 0.29) is 0 Å². The van der Waals surface area contributed by atoms with E-state index >= 15 is 0 Å². The molecule has 0 saturated carbocycles. The molecule has 0 spiro atoms. The molecular weight excluding hydrogens is 150 g/mol. The molecule has 0 fully saturated rings. The van der Waals surface area contributed by atoms with E-state index in [0.29, 0.717) is 0 Å². The molecule has 3 nitrogen and oxygen atoms in total. The molecule has 1 aromatic rings. The molecule has 12 heavy (non-hydrogen) atoms. The van der Waals surface area contributed by atoms with Crippen molar-refractivity contribution in [3.05, 3.63) is 18.0 Å². The first-order valence-electron chi connectivity index (χ1n) is 4.22. The summed E-state index contributed by atoms with van der Waals surface area (Å²) in [4.78, 5) is 10.3. The van der Waals surface area contributed by atoms with Crippen molar-refractivity contribution in [1.29, 1.82) is 0 Å². The summed E-state index contributed by atoms with van der Waals surface area (Å²) in [6.45, 7) is 2.15. The third kappa shape index (κ3) is 2.19. The standard InChI is InChI=1S/C9H15N3/c1-4-5-8-6-10-9(11-7-8)12(2)3/h6-7H,4-5H2,1-3H3. The maximum atomic E-state index is 4.21. The van der Waals surface area contributed by atoms with E-state index in [0.717, 1.165) is 18.8 Å². The number of aryl methyl sites for hydroxylation is 1. The zero-order chi connectivity index (χ0) is 8.97. The van der Waals surface area contributed by atoms with Crippen LogP contribution >= 0.6 is 0 Å². The smallest absolute Gasteiger partial charge is 0.224 e. The van der Waals surface area contributed by atoms with Gasteiger partial charge >= 0.3 is 0 Å². The van der Waals surface area contributed by atoms with E-state index < -0.39 is 0 Å². The summed E-state index contributed by atoms with van der Waals surface area (Å²) < 4.78 is 0. The minimum atomic E-state index is 0.773. The Hall–Kier alpha value is -1.12. The Morgan fingerprint density at radius 1 is 1.25 bits per heavy atom. The molecule has 0 saturated heterocycles. The summed E-state index contributed by atoms with van der Waals surface area (Å²) in [5.41, 5.74) is 1.21. The fraction of sp³-hybridized carbons (Fsp3) is 0.556. The van der Waals surface area contributed by atoms with Crippen molar-refractivity contribution < 1.29 is 0 Å². The summed E-state index contributed by atoms with van der Waals surface area (Å²) in [7, 11) is 3.88. The number of aromatic nitrogens is 2. The number of hydrogen-bond donors (Lipinski definition) is 0. The Morgan fingerprint density at radius 2 is 1.83 bits per heavy atom. The molecular formula is C9H15N3. The fourth-order valence-corrected chi connectivity index (χ4v) is 0.997. The molecule has 1 rings (SSSR count). The Morgan fingerprint density at radius 3 is 2.25 bits per heavy atom. The van der Waals surface area contributed by atoms with Gasteiger partial charge in [0.25, 0.3) is 0 Å². The third-order valence-electron chi connectivity index (χ3n) is 1.63. The second-order valence-electron chi connectivity index (χ2n) is 3.04. The van der Waals surface area contributed by atoms with Gasteiger partial charge in [-0.05, 0) is 12.0 Å². The van der Waals surface area contributed by atoms with Crippen molar-refractivity contribution in [3.8, 4) is 0 Å². The first-order chi connectivity index (χ1) is 5.74. The fourth-order valence-electron chi connectivity index (χ4n) is 0.997. The van der Waals surface area contributed by atoms with Crippen molar-refractivity contribution in [1.82, 2.24) is 9.97 Å². The van der Waals surface area contributed by atoms with Crippen LogP contribution in [0.4, 0.5) is 5.95 Å². The predicted molar refractivity (Wildman–Crippen MR) is 50.4 cm³/mol. The Labute approximate surface area is 73.5 Å². The normalized spacial score (nSPS) is 9.92. The molecule has 0 aliphatic carbocycles. The minimum absolute atomic E-state index is 0.773. The molecule has 0 aliphatic rings. The van der Waals surface area contributed by atoms with Crippen molar-refractivity contribution in [2.75, 3.05) is 19.0 Å². The van der Waals surface area contributed by atoms with Crippen molar-refractivity contribution >= 4 is 5.95 Å². The van der Waals surface area contributed by atoms with Crippen LogP contribution in [0.5, 0.6) is 0 Å². The number of rotatable bonds is 3. The van der Waals surface area contributed by atoms with E-state index in [2.05, 4.69) is 16.9 Å². The molecule has 0 unspecified atom stereocenters. The molecule has 0 amide bonds. The lowest BCUT2D eigenvalue weighted by atomic mass is 10.2. The summed E-state index contributed by atoms with van der Waals surface area (Å²) in [5.74, 6) is 0.773. The largest absolute Gasteiger partial charge is 0.347 e. The molecule has 3 heteroatoms. The Balaban J connectivity index is 2.71. The van der Waals surface area contributed by atoms with Crippen LogP contribution in [0.15, 0.2) is 12.4 Å². The average molecular weight is 165 g/mol. The van der Waals surface area contributed by atoms with Crippen molar-refractivity contribution in [2.24, 2.45) is 0 Å². The van der Waals surface area contributed by atoms with E-state index in [4.69, 9.17) is 0 Å². The molecule has 0 bridgehead atoms. The summed E-state index contributed by atoms with van der Waals surface area (Å²) >= 11 is 0. The predicted octanol–water partition coefficient (Wildman–Crippen LogP) is 1.50. The maximum Gasteiger partial charge on any atom is 0.224 e. The number of nitrogens with zero attached hydrogens (tertiary/aromatic N) is 3. The van der Waals surface area contributed by atoms with Crippen LogP contribution < -0.4 is 4.90 Å². The second kappa shape index (κ2) is 4.04. The van der Waals surface area contributed by atoms with Crippen LogP contribution in [-0.4, -0.2) is 24.1 Å². The molecule has 0 N–H and O–H groups in total. The van der Waals surface area contributed by atoms with Gasteiger partial charge in [-0.25, -0.2) is 9.97 Å². The van der Waals surface area contributed by atoms with Gasteiger partial charge in [-0.3, -0.25) is 0 Å². The van der Waals surface area contributed by atoms with E-state index in [1.54, 1.807) is 0 Å². The topological polar surface area (TPSA) is 29.0 Å². The monoisotopic (exact) mass is 165 g/mol. The van der Waals surface area contributed by atoms with Gasteiger partial charge < -0.3 is 4.90 Å². The van der Waals surface area contributed by atoms with E-state index in [1.807, 2.05) is 31.4 Å². The molecule has 0 atom stereocenters. The highest BCUT2D eigenvalue weighted by Gasteiger charge is 1.97. The Kier molecular flexibility index (Phi) is 3.02. The van der Waals surface area contributed by atoms with Crippen LogP contribution in [0.3, 0.4) is 0 Å². The summed E-state index contributed by atoms with van der Waals surface area (Å²) in [6, 6.07) is 0. The molecule has 66 valence electrons. The lowest BCUT2D eigenvalue weighted by Gasteiger charge is -2.09. The molecule has 1 heterocycles. The van der Waals surface area contributed by atoms with Gasteiger partial charge in [0.2, 0.25) is 5.95 Å². The van der Waals surface area contributed by atoms with Crippen LogP contribution in [0.1, 0.15) is 18.9 Å². The lowest BCUT2D eigenvalue weighted by Crippen LogP contribution is -2.12. The highest BCUT2D eigenvalue weighted by Crippen LogP contribution is 2.04. The van der Waals surface area contributed by atoms with Gasteiger partial charge in [0.15, 0.2) is 0 Å². The second-order valence-corrected chi connectivity index (χ2v) is 3.04. The van der Waals surface area contributed by atoms with Crippen LogP contribution in [0.2, 0.25) is 0 Å². The highest BCUT2D eigenvalue weighted by molar-refractivity contribution is 5.26. The van der Waals surface area contributed by atoms with Gasteiger partial charge in [0.05, 0.1) is 0 Å². The SMILES string of the molecule is CCCc1cnc(N(C)C)nc1. The number of anilines is 1. The quantitative estimate of drug-likeness (QED) is 0.679. The van der Waals surface area contributed by atoms with Crippen molar-refractivity contribution in [2.45, 2.75) is 19.8 Å². The summed E-state index contributed by atoms with van der Waals surface area (Å²) in [5, 5.41) is 0. The lowest BCUT2D eigenvalue weighted by molar-refractivity contribution is 0.890. The minimum Gasteiger partial charge on any atom is -0.347 e. The molecule has 0 radical (unpaired) electrons. The zero-order valence-electron chi connectivity index (χ0n) is 7.91. The van der Waals surface area contributed by atoms with E-state index in [9.17, 15) is 0 Å². The first kappa shape index (κ1) is 8.97.